The second-order valence-corrected chi connectivity index (χ2v) is 20.6. The number of rotatable bonds is 1. The molecule has 5 unspecified atom stereocenters. The predicted molar refractivity (Wildman–Crippen MR) is 221 cm³/mol. The van der Waals surface area contributed by atoms with Gasteiger partial charge in [0.15, 0.2) is 0 Å². The molecule has 1 amide bonds. The van der Waals surface area contributed by atoms with E-state index >= 15 is 0 Å². The van der Waals surface area contributed by atoms with Gasteiger partial charge in [0, 0.05) is 61.8 Å². The largest absolute Gasteiger partial charge is 0.490 e. The molecule has 5 aliphatic rings. The van der Waals surface area contributed by atoms with Gasteiger partial charge in [-0.3, -0.25) is 9.52 Å². The first kappa shape index (κ1) is 41.4. The SMILES string of the molecule is CC1CCCCC2CCC2CN2C[C@@]3(CCCc4cc(Cl)ccc43)COc3ccc(cc32)C(=O)NS(=O)C1C.CN1CCCN(S(C)(=O)=O)CCNCC1. The molecule has 300 valence electrons. The zero-order valence-corrected chi connectivity index (χ0v) is 35.2. The number of ether oxygens (including phenoxy) is 1. The number of carbonyl (C=O) groups is 1. The summed E-state index contributed by atoms with van der Waals surface area (Å²) in [6.45, 7) is 11.5. The van der Waals surface area contributed by atoms with E-state index in [4.69, 9.17) is 16.3 Å². The second-order valence-electron chi connectivity index (χ2n) is 16.6. The average molecular weight is 805 g/mol. The number of fused-ring (bicyclic) bond motifs is 4. The van der Waals surface area contributed by atoms with Crippen LogP contribution in [-0.2, 0) is 32.8 Å². The summed E-state index contributed by atoms with van der Waals surface area (Å²) >= 11 is 6.40. The number of sulfonamides is 1. The number of benzene rings is 2. The third-order valence-electron chi connectivity index (χ3n) is 12.8. The maximum absolute atomic E-state index is 13.3. The predicted octanol–water partition coefficient (Wildman–Crippen LogP) is 6.00. The summed E-state index contributed by atoms with van der Waals surface area (Å²) in [6.07, 6.45) is 12.7. The Labute approximate surface area is 331 Å². The zero-order chi connectivity index (χ0) is 38.5. The van der Waals surface area contributed by atoms with E-state index in [0.29, 0.717) is 37.1 Å². The smallest absolute Gasteiger partial charge is 0.263 e. The van der Waals surface area contributed by atoms with Crippen molar-refractivity contribution in [3.63, 3.8) is 0 Å². The van der Waals surface area contributed by atoms with Gasteiger partial charge in [-0.15, -0.1) is 0 Å². The van der Waals surface area contributed by atoms with Crippen LogP contribution < -0.4 is 19.7 Å². The van der Waals surface area contributed by atoms with Gasteiger partial charge in [-0.25, -0.2) is 16.9 Å². The summed E-state index contributed by atoms with van der Waals surface area (Å²) < 4.78 is 46.8. The maximum atomic E-state index is 13.3. The highest BCUT2D eigenvalue weighted by Gasteiger charge is 2.43. The molecule has 1 saturated carbocycles. The fourth-order valence-electron chi connectivity index (χ4n) is 9.03. The first-order chi connectivity index (χ1) is 25.8. The van der Waals surface area contributed by atoms with Crippen LogP contribution in [0, 0.1) is 17.8 Å². The number of aryl methyl sites for hydroxylation is 1. The van der Waals surface area contributed by atoms with Crippen LogP contribution >= 0.6 is 11.6 Å². The normalized spacial score (nSPS) is 30.6. The summed E-state index contributed by atoms with van der Waals surface area (Å²) in [7, 11) is -2.40. The van der Waals surface area contributed by atoms with Crippen molar-refractivity contribution < 1.29 is 22.2 Å². The minimum Gasteiger partial charge on any atom is -0.490 e. The molecule has 2 bridgehead atoms. The van der Waals surface area contributed by atoms with Crippen molar-refractivity contribution in [3.05, 3.63) is 58.1 Å². The lowest BCUT2D eigenvalue weighted by Gasteiger charge is -2.44. The lowest BCUT2D eigenvalue weighted by Crippen LogP contribution is -2.48. The third kappa shape index (κ3) is 10.2. The summed E-state index contributed by atoms with van der Waals surface area (Å²) in [4.78, 5) is 18.0. The van der Waals surface area contributed by atoms with E-state index in [1.165, 1.54) is 43.1 Å². The number of halogens is 1. The molecular formula is C41H62ClN5O5S2. The Balaban J connectivity index is 0.000000280. The molecule has 7 rings (SSSR count). The molecule has 10 nitrogen and oxygen atoms in total. The molecule has 1 spiro atoms. The number of nitrogens with one attached hydrogen (secondary N) is 2. The lowest BCUT2D eigenvalue weighted by atomic mass is 9.68. The number of likely N-dealkylation sites (N-methyl/N-ethyl adjacent to an activating group) is 1. The highest BCUT2D eigenvalue weighted by atomic mass is 35.5. The summed E-state index contributed by atoms with van der Waals surface area (Å²) in [5.41, 5.74) is 4.11. The highest BCUT2D eigenvalue weighted by Crippen LogP contribution is 2.47. The van der Waals surface area contributed by atoms with Gasteiger partial charge in [-0.05, 0) is 125 Å². The van der Waals surface area contributed by atoms with Crippen molar-refractivity contribution in [2.45, 2.75) is 88.7 Å². The number of anilines is 1. The van der Waals surface area contributed by atoms with Gasteiger partial charge in [-0.1, -0.05) is 43.9 Å². The van der Waals surface area contributed by atoms with Crippen molar-refractivity contribution in [2.75, 3.05) is 77.2 Å². The fourth-order valence-corrected chi connectivity index (χ4v) is 11.2. The van der Waals surface area contributed by atoms with Crippen molar-refractivity contribution in [3.8, 4) is 5.75 Å². The van der Waals surface area contributed by atoms with Crippen molar-refractivity contribution in [1.29, 1.82) is 0 Å². The van der Waals surface area contributed by atoms with E-state index in [-0.39, 0.29) is 16.6 Å². The summed E-state index contributed by atoms with van der Waals surface area (Å²) in [6, 6.07) is 12.1. The number of amides is 1. The third-order valence-corrected chi connectivity index (χ3v) is 15.8. The maximum Gasteiger partial charge on any atom is 0.263 e. The van der Waals surface area contributed by atoms with Crippen molar-refractivity contribution >= 4 is 44.2 Å². The van der Waals surface area contributed by atoms with Crippen LogP contribution in [0.2, 0.25) is 5.02 Å². The Bertz CT molecular complexity index is 1750. The molecule has 0 radical (unpaired) electrons. The van der Waals surface area contributed by atoms with E-state index in [2.05, 4.69) is 45.9 Å². The van der Waals surface area contributed by atoms with Gasteiger partial charge in [-0.2, -0.15) is 0 Å². The molecule has 13 heteroatoms. The minimum absolute atomic E-state index is 0.0845. The van der Waals surface area contributed by atoms with Crippen molar-refractivity contribution in [1.82, 2.24) is 19.2 Å². The molecule has 3 aliphatic heterocycles. The molecule has 2 N–H and O–H groups in total. The Morgan fingerprint density at radius 2 is 1.70 bits per heavy atom. The molecule has 2 fully saturated rings. The van der Waals surface area contributed by atoms with Gasteiger partial charge < -0.3 is 19.9 Å². The van der Waals surface area contributed by atoms with E-state index in [1.54, 1.807) is 4.31 Å². The molecule has 1 saturated heterocycles. The Kier molecular flexibility index (Phi) is 14.1. The highest BCUT2D eigenvalue weighted by molar-refractivity contribution is 7.88. The van der Waals surface area contributed by atoms with Crippen LogP contribution in [0.5, 0.6) is 5.75 Å². The zero-order valence-electron chi connectivity index (χ0n) is 32.8. The first-order valence-corrected chi connectivity index (χ1v) is 23.6. The molecule has 2 aromatic rings. The van der Waals surface area contributed by atoms with Crippen LogP contribution in [0.1, 0.15) is 93.1 Å². The van der Waals surface area contributed by atoms with Gasteiger partial charge in [0.2, 0.25) is 10.0 Å². The van der Waals surface area contributed by atoms with E-state index in [1.807, 2.05) is 31.2 Å². The quantitative estimate of drug-likeness (QED) is 0.361. The van der Waals surface area contributed by atoms with Crippen LogP contribution in [-0.4, -0.2) is 105 Å². The first-order valence-electron chi connectivity index (χ1n) is 20.2. The van der Waals surface area contributed by atoms with Gasteiger partial charge >= 0.3 is 0 Å². The Morgan fingerprint density at radius 3 is 2.48 bits per heavy atom. The van der Waals surface area contributed by atoms with Gasteiger partial charge in [0.25, 0.3) is 5.91 Å². The molecule has 0 aromatic heterocycles. The molecular weight excluding hydrogens is 742 g/mol. The van der Waals surface area contributed by atoms with Gasteiger partial charge in [0.1, 0.15) is 16.7 Å². The second kappa shape index (κ2) is 18.4. The average Bonchev–Trinajstić information content (AvgIpc) is 3.28. The number of carbonyl (C=O) groups excluding carboxylic acids is 1. The standard InChI is InChI=1S/C32H41ClN2O3S.C9H21N3O2S/c1-21-6-3-4-7-23-9-10-26(23)18-35-19-32(15-5-8-24-16-27(33)12-13-28(24)32)20-38-30-14-11-25(17-29(30)35)31(36)34-39(37)22(21)2;1-11-6-3-7-12(15(2,13)14)9-5-10-4-8-11/h11-14,16-17,21-23,26H,3-10,15,18-20H2,1-2H3,(H,34,36);10H,3-9H2,1-2H3/t21?,22?,23?,26?,32-,39?;/m0./s1. The van der Waals surface area contributed by atoms with Crippen molar-refractivity contribution in [2.24, 2.45) is 17.8 Å². The number of nitrogens with zero attached hydrogens (tertiary/aromatic N) is 3. The monoisotopic (exact) mass is 803 g/mol. The van der Waals surface area contributed by atoms with Crippen LogP contribution in [0.4, 0.5) is 5.69 Å². The number of hydrogen-bond donors (Lipinski definition) is 2. The summed E-state index contributed by atoms with van der Waals surface area (Å²) in [5.74, 6) is 2.28. The lowest BCUT2D eigenvalue weighted by molar-refractivity contribution is 0.0982. The van der Waals surface area contributed by atoms with Gasteiger partial charge in [0.05, 0.1) is 23.8 Å². The molecule has 2 aromatic carbocycles. The Hall–Kier alpha value is -2.22. The number of hydrogen-bond acceptors (Lipinski definition) is 8. The van der Waals surface area contributed by atoms with E-state index in [9.17, 15) is 17.4 Å². The summed E-state index contributed by atoms with van der Waals surface area (Å²) in [5, 5.41) is 3.95. The molecule has 6 atom stereocenters. The molecule has 54 heavy (non-hydrogen) atoms. The van der Waals surface area contributed by atoms with E-state index in [0.717, 1.165) is 100 Å². The van der Waals surface area contributed by atoms with E-state index < -0.39 is 21.0 Å². The fraction of sp³-hybridized carbons (Fsp3) is 0.683. The molecule has 2 aliphatic carbocycles. The van der Waals surface area contributed by atoms with Crippen LogP contribution in [0.3, 0.4) is 0 Å². The van der Waals surface area contributed by atoms with Crippen LogP contribution in [0.25, 0.3) is 0 Å². The Morgan fingerprint density at radius 1 is 0.926 bits per heavy atom. The van der Waals surface area contributed by atoms with Crippen LogP contribution in [0.15, 0.2) is 36.4 Å². The molecule has 3 heterocycles. The topological polar surface area (TPSA) is 111 Å². The minimum atomic E-state index is -3.04.